The summed E-state index contributed by atoms with van der Waals surface area (Å²) in [5.41, 5.74) is 0.812. The van der Waals surface area contributed by atoms with E-state index < -0.39 is 23.1 Å². The van der Waals surface area contributed by atoms with Gasteiger partial charge in [-0.05, 0) is 33.9 Å². The van der Waals surface area contributed by atoms with Crippen LogP contribution in [-0.4, -0.2) is 23.8 Å². The van der Waals surface area contributed by atoms with Crippen LogP contribution in [0.1, 0.15) is 44.2 Å². The van der Waals surface area contributed by atoms with Gasteiger partial charge in [0.05, 0.1) is 6.61 Å². The van der Waals surface area contributed by atoms with Crippen molar-refractivity contribution >= 4 is 32.6 Å². The first kappa shape index (κ1) is 27.9. The molecule has 0 fully saturated rings. The number of hydrogen-bond donors (Lipinski definition) is 1. The van der Waals surface area contributed by atoms with Gasteiger partial charge in [-0.2, -0.15) is 0 Å². The van der Waals surface area contributed by atoms with E-state index in [0.29, 0.717) is 11.4 Å². The van der Waals surface area contributed by atoms with Gasteiger partial charge < -0.3 is 9.66 Å². The van der Waals surface area contributed by atoms with E-state index in [1.165, 1.54) is 30.6 Å². The highest BCUT2D eigenvalue weighted by molar-refractivity contribution is 8.03. The van der Waals surface area contributed by atoms with Gasteiger partial charge in [-0.15, -0.1) is 11.6 Å². The van der Waals surface area contributed by atoms with Gasteiger partial charge in [0.1, 0.15) is 11.4 Å². The van der Waals surface area contributed by atoms with E-state index in [9.17, 15) is 17.6 Å². The van der Waals surface area contributed by atoms with E-state index in [2.05, 4.69) is 20.7 Å². The SMILES string of the molecule is C.FC(F)c1ccc(CCl)cn1.O=S([O-])Cl.OCc1ccc(C(F)F)nc1.[2HH]. The van der Waals surface area contributed by atoms with Crippen LogP contribution < -0.4 is 0 Å². The smallest absolute Gasteiger partial charge is 0.280 e. The highest BCUT2D eigenvalue weighted by Crippen LogP contribution is 2.16. The lowest BCUT2D eigenvalue weighted by Gasteiger charge is -1.98. The number of pyridine rings is 2. The Kier molecular flexibility index (Phi) is 16.2. The Hall–Kier alpha value is -1.33. The van der Waals surface area contributed by atoms with Gasteiger partial charge in [-0.3, -0.25) is 14.2 Å². The standard InChI is InChI=1S/C7H6ClF2N.C7H7F2NO.CH4.ClHO2S.H2/c8-3-5-1-2-6(7(9)10)11-4-5;8-7(9)6-2-1-5(4-11)3-10-6;;1-4(2)3;/h1-2,4,7H,3H2;1-3,7,11H,4H2;1H4;(H,2,3);1H/p-1/i;;;;1+1. The molecule has 1 unspecified atom stereocenters. The zero-order valence-corrected chi connectivity index (χ0v) is 15.2. The molecular weight excluding hydrogens is 435 g/mol. The first-order chi connectivity index (χ1) is 12.2. The van der Waals surface area contributed by atoms with Crippen LogP contribution in [-0.2, 0) is 22.8 Å². The molecule has 1 atom stereocenters. The summed E-state index contributed by atoms with van der Waals surface area (Å²) in [5.74, 6) is 0.302. The number of aliphatic hydroxyl groups excluding tert-OH is 1. The normalized spacial score (nSPS) is 10.9. The zero-order valence-electron chi connectivity index (χ0n) is 12.9. The zero-order chi connectivity index (χ0) is 20.1. The van der Waals surface area contributed by atoms with Crippen LogP contribution in [0.2, 0.25) is 0 Å². The van der Waals surface area contributed by atoms with Crippen LogP contribution in [0.5, 0.6) is 0 Å². The van der Waals surface area contributed by atoms with E-state index in [1.54, 1.807) is 6.07 Å². The number of rotatable bonds is 4. The predicted molar refractivity (Wildman–Crippen MR) is 97.5 cm³/mol. The number of alkyl halides is 5. The average Bonchev–Trinajstić information content (AvgIpc) is 2.61. The Balaban J connectivity index is -0.000000355. The lowest BCUT2D eigenvalue weighted by atomic mass is 10.3. The minimum Gasteiger partial charge on any atom is -0.760 e. The summed E-state index contributed by atoms with van der Waals surface area (Å²) in [7, 11) is 1.80. The summed E-state index contributed by atoms with van der Waals surface area (Å²) in [6.07, 6.45) is -2.45. The van der Waals surface area contributed by atoms with Crippen molar-refractivity contribution in [2.24, 2.45) is 0 Å². The van der Waals surface area contributed by atoms with Gasteiger partial charge in [0.25, 0.3) is 12.9 Å². The summed E-state index contributed by atoms with van der Waals surface area (Å²) in [6.45, 7) is -0.170. The van der Waals surface area contributed by atoms with Crippen LogP contribution in [0, 0.1) is 0 Å². The van der Waals surface area contributed by atoms with Crippen LogP contribution in [0.15, 0.2) is 36.7 Å². The Morgan fingerprint density at radius 2 is 1.41 bits per heavy atom. The second-order valence-corrected chi connectivity index (χ2v) is 5.68. The van der Waals surface area contributed by atoms with Crippen molar-refractivity contribution in [3.8, 4) is 0 Å². The van der Waals surface area contributed by atoms with Crippen molar-refractivity contribution in [1.82, 2.24) is 9.97 Å². The van der Waals surface area contributed by atoms with Crippen molar-refractivity contribution in [3.63, 3.8) is 0 Å². The van der Waals surface area contributed by atoms with Crippen LogP contribution >= 0.6 is 22.3 Å². The molecular formula is C15H19Cl2F4N2O3S-. The predicted octanol–water partition coefficient (Wildman–Crippen LogP) is 5.17. The van der Waals surface area contributed by atoms with E-state index in [4.69, 9.17) is 25.5 Å². The second kappa shape index (κ2) is 15.7. The Bertz CT molecular complexity index is 601. The largest absolute Gasteiger partial charge is 0.760 e. The van der Waals surface area contributed by atoms with E-state index in [-0.39, 0.29) is 26.8 Å². The summed E-state index contributed by atoms with van der Waals surface area (Å²) >= 11 is 5.43. The number of hydrogen-bond acceptors (Lipinski definition) is 5. The molecule has 2 aromatic heterocycles. The maximum atomic E-state index is 11.9. The Morgan fingerprint density at radius 3 is 1.63 bits per heavy atom. The highest BCUT2D eigenvalue weighted by atomic mass is 35.7. The van der Waals surface area contributed by atoms with Crippen molar-refractivity contribution in [2.75, 3.05) is 0 Å². The molecule has 156 valence electrons. The molecule has 2 rings (SSSR count). The van der Waals surface area contributed by atoms with E-state index in [0.717, 1.165) is 5.56 Å². The molecule has 1 N–H and O–H groups in total. The van der Waals surface area contributed by atoms with E-state index in [1.807, 2.05) is 0 Å². The Labute approximate surface area is 167 Å². The third-order valence-corrected chi connectivity index (χ3v) is 2.79. The van der Waals surface area contributed by atoms with Gasteiger partial charge >= 0.3 is 0 Å². The minimum absolute atomic E-state index is 0. The number of halogens is 6. The molecule has 0 saturated carbocycles. The first-order valence-corrected chi connectivity index (χ1v) is 9.03. The summed E-state index contributed by atoms with van der Waals surface area (Å²) in [6, 6.07) is 5.45. The molecule has 0 aromatic carbocycles. The fourth-order valence-electron chi connectivity index (χ4n) is 1.30. The highest BCUT2D eigenvalue weighted by Gasteiger charge is 2.07. The van der Waals surface area contributed by atoms with Crippen molar-refractivity contribution in [1.29, 1.82) is 0 Å². The number of aliphatic hydroxyl groups is 1. The average molecular weight is 455 g/mol. The van der Waals surface area contributed by atoms with Gasteiger partial charge in [0.2, 0.25) is 0 Å². The van der Waals surface area contributed by atoms with Crippen LogP contribution in [0.3, 0.4) is 0 Å². The van der Waals surface area contributed by atoms with E-state index >= 15 is 0 Å². The lowest BCUT2D eigenvalue weighted by molar-refractivity contribution is 0.145. The summed E-state index contributed by atoms with van der Waals surface area (Å²) < 4.78 is 65.1. The molecule has 27 heavy (non-hydrogen) atoms. The summed E-state index contributed by atoms with van der Waals surface area (Å²) in [4.78, 5) is 6.95. The Morgan fingerprint density at radius 1 is 1.04 bits per heavy atom. The molecule has 0 aliphatic heterocycles. The third kappa shape index (κ3) is 13.5. The molecule has 0 aliphatic rings. The molecule has 12 heteroatoms. The van der Waals surface area contributed by atoms with Gasteiger partial charge in [0.15, 0.2) is 0 Å². The van der Waals surface area contributed by atoms with Crippen molar-refractivity contribution in [3.05, 3.63) is 59.2 Å². The van der Waals surface area contributed by atoms with Crippen LogP contribution in [0.4, 0.5) is 17.6 Å². The summed E-state index contributed by atoms with van der Waals surface area (Å²) in [5, 5.41) is 8.54. The fourth-order valence-corrected chi connectivity index (χ4v) is 1.46. The topological polar surface area (TPSA) is 86.1 Å². The van der Waals surface area contributed by atoms with Gasteiger partial charge in [0, 0.05) is 30.0 Å². The maximum absolute atomic E-state index is 11.9. The molecule has 0 radical (unpaired) electrons. The molecule has 2 aromatic rings. The minimum atomic E-state index is -2.54. The molecule has 0 aliphatic carbocycles. The molecule has 0 bridgehead atoms. The second-order valence-electron chi connectivity index (χ2n) is 4.27. The number of aromatic nitrogens is 2. The lowest BCUT2D eigenvalue weighted by Crippen LogP contribution is -1.91. The van der Waals surface area contributed by atoms with Gasteiger partial charge in [-0.1, -0.05) is 19.6 Å². The molecule has 0 saturated heterocycles. The fraction of sp³-hybridized carbons (Fsp3) is 0.333. The number of nitrogens with zero attached hydrogens (tertiary/aromatic N) is 2. The maximum Gasteiger partial charge on any atom is 0.280 e. The first-order valence-electron chi connectivity index (χ1n) is 6.59. The monoisotopic (exact) mass is 454 g/mol. The van der Waals surface area contributed by atoms with Crippen molar-refractivity contribution < 1.29 is 32.9 Å². The van der Waals surface area contributed by atoms with Crippen LogP contribution in [0.25, 0.3) is 0 Å². The quantitative estimate of drug-likeness (QED) is 0.298. The molecule has 0 spiro atoms. The third-order valence-electron chi connectivity index (χ3n) is 2.48. The molecule has 0 amide bonds. The molecule has 2 heterocycles. The van der Waals surface area contributed by atoms with Crippen molar-refractivity contribution in [2.45, 2.75) is 32.8 Å². The van der Waals surface area contributed by atoms with Gasteiger partial charge in [-0.25, -0.2) is 17.6 Å². The molecule has 5 nitrogen and oxygen atoms in total.